The molecule has 0 aromatic heterocycles. The van der Waals surface area contributed by atoms with Crippen molar-refractivity contribution in [3.63, 3.8) is 0 Å². The van der Waals surface area contributed by atoms with Crippen LogP contribution >= 0.6 is 0 Å². The number of benzene rings is 1. The van der Waals surface area contributed by atoms with Gasteiger partial charge in [0.05, 0.1) is 6.61 Å². The van der Waals surface area contributed by atoms with Crippen molar-refractivity contribution in [3.8, 4) is 5.75 Å². The largest absolute Gasteiger partial charge is 1.00 e. The van der Waals surface area contributed by atoms with Crippen LogP contribution in [0.2, 0.25) is 0 Å². The van der Waals surface area contributed by atoms with E-state index in [0.717, 1.165) is 0 Å². The van der Waals surface area contributed by atoms with E-state index in [4.69, 9.17) is 4.74 Å². The monoisotopic (exact) mass is 224 g/mol. The maximum absolute atomic E-state index is 10.4. The predicted molar refractivity (Wildman–Crippen MR) is 44.8 cm³/mol. The Morgan fingerprint density at radius 1 is 1.38 bits per heavy atom. The van der Waals surface area contributed by atoms with E-state index in [1.807, 2.05) is 6.92 Å². The summed E-state index contributed by atoms with van der Waals surface area (Å²) < 4.78 is 26.0. The molecular weight excluding hydrogens is 215 g/mol. The quantitative estimate of drug-likeness (QED) is 0.455. The fourth-order valence-corrected chi connectivity index (χ4v) is 1.17. The van der Waals surface area contributed by atoms with E-state index in [0.29, 0.717) is 12.4 Å². The zero-order valence-corrected chi connectivity index (χ0v) is 11.6. The van der Waals surface area contributed by atoms with E-state index in [-0.39, 0.29) is 56.3 Å². The molecule has 1 atom stereocenters. The summed E-state index contributed by atoms with van der Waals surface area (Å²) in [4.78, 5) is 0.276. The Labute approximate surface area is 123 Å². The molecule has 3 nitrogen and oxygen atoms in total. The Balaban J connectivity index is 0.00000144. The molecule has 13 heavy (non-hydrogen) atoms. The van der Waals surface area contributed by atoms with Crippen molar-refractivity contribution in [1.29, 1.82) is 0 Å². The number of hydrogen-bond donors (Lipinski definition) is 0. The molecule has 1 rings (SSSR count). The molecule has 0 aliphatic heterocycles. The Morgan fingerprint density at radius 3 is 2.31 bits per heavy atom. The van der Waals surface area contributed by atoms with Crippen molar-refractivity contribution in [2.75, 3.05) is 6.61 Å². The molecule has 0 N–H and O–H groups in total. The first kappa shape index (κ1) is 13.8. The van der Waals surface area contributed by atoms with Gasteiger partial charge < -0.3 is 9.29 Å². The third kappa shape index (κ3) is 4.69. The molecule has 0 saturated heterocycles. The average molecular weight is 224 g/mol. The molecule has 0 heterocycles. The molecule has 1 unspecified atom stereocenters. The average Bonchev–Trinajstić information content (AvgIpc) is 2.06. The van der Waals surface area contributed by atoms with Crippen molar-refractivity contribution in [1.82, 2.24) is 0 Å². The van der Waals surface area contributed by atoms with E-state index in [1.165, 1.54) is 12.1 Å². The molecule has 5 heteroatoms. The summed E-state index contributed by atoms with van der Waals surface area (Å²) in [7, 11) is 0. The normalized spacial score (nSPS) is 11.5. The number of rotatable bonds is 3. The predicted octanol–water partition coefficient (Wildman–Crippen LogP) is -1.67. The Kier molecular flexibility index (Phi) is 7.53. The standard InChI is InChI=1S/C8H10O3S.K/c1-2-11-7-3-5-8(6-4-7)12(9)10;/h3-6H,2H2,1H3,(H,9,10);/q;+1/p-1. The number of hydrogen-bond acceptors (Lipinski definition) is 3. The third-order valence-electron chi connectivity index (χ3n) is 1.33. The van der Waals surface area contributed by atoms with Gasteiger partial charge in [-0.1, -0.05) is 0 Å². The molecule has 0 fully saturated rings. The van der Waals surface area contributed by atoms with Crippen molar-refractivity contribution in [2.45, 2.75) is 11.8 Å². The molecule has 1 aromatic carbocycles. The summed E-state index contributed by atoms with van der Waals surface area (Å²) in [6.07, 6.45) is 0. The smallest absolute Gasteiger partial charge is 0.768 e. The van der Waals surface area contributed by atoms with E-state index >= 15 is 0 Å². The van der Waals surface area contributed by atoms with Gasteiger partial charge in [-0.25, -0.2) is 0 Å². The van der Waals surface area contributed by atoms with Gasteiger partial charge in [-0.05, 0) is 42.3 Å². The van der Waals surface area contributed by atoms with E-state index in [9.17, 15) is 8.76 Å². The van der Waals surface area contributed by atoms with E-state index in [2.05, 4.69) is 0 Å². The minimum atomic E-state index is -2.15. The van der Waals surface area contributed by atoms with Crippen molar-refractivity contribution in [2.24, 2.45) is 0 Å². The van der Waals surface area contributed by atoms with Gasteiger partial charge in [0, 0.05) is 4.90 Å². The fourth-order valence-electron chi connectivity index (χ4n) is 0.814. The summed E-state index contributed by atoms with van der Waals surface area (Å²) in [5.41, 5.74) is 0. The summed E-state index contributed by atoms with van der Waals surface area (Å²) in [5.74, 6) is 0.687. The summed E-state index contributed by atoms with van der Waals surface area (Å²) in [6, 6.07) is 6.28. The SMILES string of the molecule is CCOc1ccc(S(=O)[O-])cc1.[K+]. The number of ether oxygens (including phenoxy) is 1. The zero-order chi connectivity index (χ0) is 8.97. The molecular formula is C8H9KO3S. The van der Waals surface area contributed by atoms with E-state index < -0.39 is 11.1 Å². The summed E-state index contributed by atoms with van der Waals surface area (Å²) in [6.45, 7) is 2.46. The zero-order valence-electron chi connectivity index (χ0n) is 7.65. The molecule has 0 bridgehead atoms. The van der Waals surface area contributed by atoms with Crippen molar-refractivity contribution >= 4 is 11.1 Å². The second-order valence-electron chi connectivity index (χ2n) is 2.14. The van der Waals surface area contributed by atoms with Crippen LogP contribution in [0.3, 0.4) is 0 Å². The van der Waals surface area contributed by atoms with Crippen LogP contribution in [0.4, 0.5) is 0 Å². The first-order chi connectivity index (χ1) is 5.74. The Morgan fingerprint density at radius 2 is 1.92 bits per heavy atom. The van der Waals surface area contributed by atoms with Gasteiger partial charge in [-0.15, -0.1) is 0 Å². The molecule has 0 aliphatic carbocycles. The first-order valence-electron chi connectivity index (χ1n) is 3.56. The summed E-state index contributed by atoms with van der Waals surface area (Å²) in [5, 5.41) is 0. The molecule has 0 spiro atoms. The van der Waals surface area contributed by atoms with Crippen LogP contribution in [-0.4, -0.2) is 15.4 Å². The maximum Gasteiger partial charge on any atom is 1.00 e. The van der Waals surface area contributed by atoms with Gasteiger partial charge in [0.15, 0.2) is 0 Å². The van der Waals surface area contributed by atoms with Crippen LogP contribution < -0.4 is 56.1 Å². The third-order valence-corrected chi connectivity index (χ3v) is 1.98. The summed E-state index contributed by atoms with van der Waals surface area (Å²) >= 11 is -2.15. The van der Waals surface area contributed by atoms with Gasteiger partial charge in [-0.2, -0.15) is 0 Å². The Hall–Kier alpha value is 0.766. The molecule has 0 amide bonds. The van der Waals surface area contributed by atoms with Gasteiger partial charge in [0.2, 0.25) is 0 Å². The molecule has 1 aromatic rings. The molecule has 0 radical (unpaired) electrons. The van der Waals surface area contributed by atoms with Gasteiger partial charge >= 0.3 is 51.4 Å². The van der Waals surface area contributed by atoms with Crippen LogP contribution in [0, 0.1) is 0 Å². The van der Waals surface area contributed by atoms with Crippen LogP contribution in [0.1, 0.15) is 6.92 Å². The van der Waals surface area contributed by atoms with Crippen molar-refractivity contribution < 1.29 is 64.9 Å². The molecule has 0 saturated carbocycles. The van der Waals surface area contributed by atoms with Crippen molar-refractivity contribution in [3.05, 3.63) is 24.3 Å². The van der Waals surface area contributed by atoms with Gasteiger partial charge in [0.25, 0.3) is 0 Å². The Bertz CT molecular complexity index is 273. The van der Waals surface area contributed by atoms with Gasteiger partial charge in [0.1, 0.15) is 5.75 Å². The van der Waals surface area contributed by atoms with Crippen LogP contribution in [0.5, 0.6) is 5.75 Å². The first-order valence-corrected chi connectivity index (χ1v) is 4.63. The van der Waals surface area contributed by atoms with E-state index in [1.54, 1.807) is 12.1 Å². The van der Waals surface area contributed by atoms with Crippen LogP contribution in [0.25, 0.3) is 0 Å². The minimum Gasteiger partial charge on any atom is -0.768 e. The molecule has 66 valence electrons. The van der Waals surface area contributed by atoms with Crippen LogP contribution in [0.15, 0.2) is 29.2 Å². The second kappa shape index (κ2) is 7.11. The fraction of sp³-hybridized carbons (Fsp3) is 0.250. The maximum atomic E-state index is 10.4. The van der Waals surface area contributed by atoms with Crippen LogP contribution in [-0.2, 0) is 11.1 Å². The topological polar surface area (TPSA) is 49.4 Å². The minimum absolute atomic E-state index is 0. The molecule has 0 aliphatic rings. The van der Waals surface area contributed by atoms with Gasteiger partial charge in [-0.3, -0.25) is 4.21 Å². The second-order valence-corrected chi connectivity index (χ2v) is 3.08.